The van der Waals surface area contributed by atoms with Crippen molar-refractivity contribution < 1.29 is 0 Å². The largest absolute Gasteiger partial charge is 0.383 e. The highest BCUT2D eigenvalue weighted by molar-refractivity contribution is 9.10. The van der Waals surface area contributed by atoms with Gasteiger partial charge in [-0.25, -0.2) is 0 Å². The molecule has 0 amide bonds. The predicted octanol–water partition coefficient (Wildman–Crippen LogP) is 5.73. The van der Waals surface area contributed by atoms with E-state index in [1.54, 1.807) is 0 Å². The second kappa shape index (κ2) is 7.95. The van der Waals surface area contributed by atoms with Gasteiger partial charge in [-0.15, -0.1) is 0 Å². The Labute approximate surface area is 140 Å². The summed E-state index contributed by atoms with van der Waals surface area (Å²) in [5.74, 6) is 0.442. The van der Waals surface area contributed by atoms with Gasteiger partial charge in [0.15, 0.2) is 0 Å². The molecule has 0 fully saturated rings. The van der Waals surface area contributed by atoms with Gasteiger partial charge < -0.3 is 5.32 Å². The molecule has 0 radical (unpaired) electrons. The van der Waals surface area contributed by atoms with Crippen LogP contribution >= 0.6 is 15.9 Å². The van der Waals surface area contributed by atoms with Crippen LogP contribution in [0.1, 0.15) is 13.3 Å². The average Bonchev–Trinajstić information content (AvgIpc) is 2.55. The first-order valence-electron chi connectivity index (χ1n) is 7.39. The number of fused-ring (bicyclic) bond motifs is 1. The molecule has 1 N–H and O–H groups in total. The van der Waals surface area contributed by atoms with Crippen molar-refractivity contribution >= 4 is 32.5 Å². The molecule has 0 aliphatic heterocycles. The second-order valence-corrected chi connectivity index (χ2v) is 6.07. The predicted molar refractivity (Wildman–Crippen MR) is 100 cm³/mol. The van der Waals surface area contributed by atoms with E-state index in [0.717, 1.165) is 34.0 Å². The highest BCUT2D eigenvalue weighted by Crippen LogP contribution is 2.28. The summed E-state index contributed by atoms with van der Waals surface area (Å²) in [6.45, 7) is 10.7. The van der Waals surface area contributed by atoms with Gasteiger partial charge in [0.25, 0.3) is 0 Å². The van der Waals surface area contributed by atoms with Crippen molar-refractivity contribution in [2.24, 2.45) is 5.92 Å². The van der Waals surface area contributed by atoms with Gasteiger partial charge in [-0.1, -0.05) is 60.3 Å². The maximum Gasteiger partial charge on any atom is 0.0944 e. The van der Waals surface area contributed by atoms with Crippen LogP contribution in [0.4, 0.5) is 5.69 Å². The number of benzene rings is 1. The molecule has 0 saturated carbocycles. The van der Waals surface area contributed by atoms with Gasteiger partial charge in [0.05, 0.1) is 11.2 Å². The highest BCUT2D eigenvalue weighted by atomic mass is 79.9. The third kappa shape index (κ3) is 3.86. The standard InChI is InChI=1S/C19H21BrN2/c1-4-7-15(5-2)14(3)11-13-21-18-10-9-17(20)16-8-6-12-22-19(16)18/h4-10,12,14,21H,1-2,11,13H2,3H3/b15-7+. The first kappa shape index (κ1) is 16.5. The molecule has 0 saturated heterocycles. The highest BCUT2D eigenvalue weighted by Gasteiger charge is 2.07. The Morgan fingerprint density at radius 3 is 2.91 bits per heavy atom. The lowest BCUT2D eigenvalue weighted by Crippen LogP contribution is -2.08. The van der Waals surface area contributed by atoms with Crippen molar-refractivity contribution in [3.8, 4) is 0 Å². The van der Waals surface area contributed by atoms with Crippen LogP contribution in [0.2, 0.25) is 0 Å². The molecule has 1 unspecified atom stereocenters. The number of rotatable bonds is 7. The van der Waals surface area contributed by atoms with Gasteiger partial charge in [0.2, 0.25) is 0 Å². The number of nitrogens with zero attached hydrogens (tertiary/aromatic N) is 1. The Hall–Kier alpha value is -1.87. The molecule has 1 heterocycles. The number of hydrogen-bond donors (Lipinski definition) is 1. The van der Waals surface area contributed by atoms with E-state index in [9.17, 15) is 0 Å². The lowest BCUT2D eigenvalue weighted by Gasteiger charge is -2.15. The monoisotopic (exact) mass is 356 g/mol. The van der Waals surface area contributed by atoms with Crippen LogP contribution in [0, 0.1) is 5.92 Å². The Morgan fingerprint density at radius 2 is 2.18 bits per heavy atom. The number of nitrogens with one attached hydrogen (secondary N) is 1. The summed E-state index contributed by atoms with van der Waals surface area (Å²) in [6.07, 6.45) is 8.59. The SMILES string of the molecule is C=C/C=C(\C=C)C(C)CCNc1ccc(Br)c2cccnc12. The number of aromatic nitrogens is 1. The number of halogens is 1. The third-order valence-electron chi connectivity index (χ3n) is 3.72. The molecule has 1 atom stereocenters. The summed E-state index contributed by atoms with van der Waals surface area (Å²) >= 11 is 3.57. The quantitative estimate of drug-likeness (QED) is 0.640. The molecule has 0 aliphatic carbocycles. The maximum absolute atomic E-state index is 4.49. The fraction of sp³-hybridized carbons (Fsp3) is 0.211. The molecule has 22 heavy (non-hydrogen) atoms. The van der Waals surface area contributed by atoms with E-state index in [4.69, 9.17) is 0 Å². The van der Waals surface area contributed by atoms with E-state index >= 15 is 0 Å². The van der Waals surface area contributed by atoms with Crippen LogP contribution < -0.4 is 5.32 Å². The van der Waals surface area contributed by atoms with Crippen molar-refractivity contribution in [2.45, 2.75) is 13.3 Å². The van der Waals surface area contributed by atoms with Gasteiger partial charge in [-0.3, -0.25) is 4.98 Å². The average molecular weight is 357 g/mol. The second-order valence-electron chi connectivity index (χ2n) is 5.22. The number of hydrogen-bond acceptors (Lipinski definition) is 2. The number of allylic oxidation sites excluding steroid dienone is 4. The van der Waals surface area contributed by atoms with Crippen LogP contribution in [0.15, 0.2) is 71.9 Å². The smallest absolute Gasteiger partial charge is 0.0944 e. The van der Waals surface area contributed by atoms with Crippen LogP contribution in [0.25, 0.3) is 10.9 Å². The first-order valence-corrected chi connectivity index (χ1v) is 8.18. The summed E-state index contributed by atoms with van der Waals surface area (Å²) in [6, 6.07) is 8.15. The van der Waals surface area contributed by atoms with Crippen LogP contribution in [-0.2, 0) is 0 Å². The Balaban J connectivity index is 2.07. The fourth-order valence-corrected chi connectivity index (χ4v) is 2.89. The molecule has 2 rings (SSSR count). The minimum atomic E-state index is 0.442. The molecule has 1 aromatic heterocycles. The zero-order valence-corrected chi connectivity index (χ0v) is 14.4. The Morgan fingerprint density at radius 1 is 1.36 bits per heavy atom. The maximum atomic E-state index is 4.49. The molecule has 0 bridgehead atoms. The molecule has 0 spiro atoms. The number of anilines is 1. The Kier molecular flexibility index (Phi) is 5.96. The summed E-state index contributed by atoms with van der Waals surface area (Å²) in [7, 11) is 0. The van der Waals surface area contributed by atoms with E-state index in [-0.39, 0.29) is 0 Å². The summed E-state index contributed by atoms with van der Waals surface area (Å²) < 4.78 is 1.07. The van der Waals surface area contributed by atoms with E-state index in [0.29, 0.717) is 5.92 Å². The molecule has 0 aliphatic rings. The van der Waals surface area contributed by atoms with Crippen molar-refractivity contribution in [1.29, 1.82) is 0 Å². The van der Waals surface area contributed by atoms with Crippen LogP contribution in [0.3, 0.4) is 0 Å². The van der Waals surface area contributed by atoms with Crippen LogP contribution in [0.5, 0.6) is 0 Å². The van der Waals surface area contributed by atoms with Crippen LogP contribution in [-0.4, -0.2) is 11.5 Å². The normalized spacial score (nSPS) is 12.9. The van der Waals surface area contributed by atoms with E-state index in [1.165, 1.54) is 5.57 Å². The minimum Gasteiger partial charge on any atom is -0.383 e. The van der Waals surface area contributed by atoms with Crippen molar-refractivity contribution in [1.82, 2.24) is 4.98 Å². The summed E-state index contributed by atoms with van der Waals surface area (Å²) in [4.78, 5) is 4.49. The third-order valence-corrected chi connectivity index (χ3v) is 4.42. The molecular weight excluding hydrogens is 336 g/mol. The topological polar surface area (TPSA) is 24.9 Å². The fourth-order valence-electron chi connectivity index (χ4n) is 2.44. The van der Waals surface area contributed by atoms with Crippen molar-refractivity contribution in [3.05, 3.63) is 71.9 Å². The van der Waals surface area contributed by atoms with Gasteiger partial charge in [0.1, 0.15) is 0 Å². The lowest BCUT2D eigenvalue weighted by molar-refractivity contribution is 0.648. The van der Waals surface area contributed by atoms with E-state index < -0.39 is 0 Å². The van der Waals surface area contributed by atoms with Gasteiger partial charge in [0, 0.05) is 22.6 Å². The molecule has 3 heteroatoms. The summed E-state index contributed by atoms with van der Waals surface area (Å²) in [5, 5.41) is 4.62. The first-order chi connectivity index (χ1) is 10.7. The minimum absolute atomic E-state index is 0.442. The summed E-state index contributed by atoms with van der Waals surface area (Å²) in [5.41, 5.74) is 3.28. The number of pyridine rings is 1. The lowest BCUT2D eigenvalue weighted by atomic mass is 9.97. The van der Waals surface area contributed by atoms with Crippen molar-refractivity contribution in [3.63, 3.8) is 0 Å². The molecule has 114 valence electrons. The van der Waals surface area contributed by atoms with E-state index in [2.05, 4.69) is 64.5 Å². The zero-order chi connectivity index (χ0) is 15.9. The zero-order valence-electron chi connectivity index (χ0n) is 12.8. The van der Waals surface area contributed by atoms with Gasteiger partial charge >= 0.3 is 0 Å². The van der Waals surface area contributed by atoms with E-state index in [1.807, 2.05) is 30.5 Å². The molecule has 1 aromatic carbocycles. The van der Waals surface area contributed by atoms with Crippen molar-refractivity contribution in [2.75, 3.05) is 11.9 Å². The Bertz CT molecular complexity index is 704. The van der Waals surface area contributed by atoms with Gasteiger partial charge in [-0.2, -0.15) is 0 Å². The molecule has 2 nitrogen and oxygen atoms in total. The molecule has 2 aromatic rings. The molecular formula is C19H21BrN2. The van der Waals surface area contributed by atoms with Gasteiger partial charge in [-0.05, 0) is 36.1 Å².